The molecule has 0 spiro atoms. The fourth-order valence-electron chi connectivity index (χ4n) is 2.96. The summed E-state index contributed by atoms with van der Waals surface area (Å²) in [6, 6.07) is 13.5. The first-order valence-corrected chi connectivity index (χ1v) is 9.40. The van der Waals surface area contributed by atoms with Gasteiger partial charge in [-0.3, -0.25) is 4.57 Å². The smallest absolute Gasteiger partial charge is 0.197 e. The molecule has 0 bridgehead atoms. The van der Waals surface area contributed by atoms with Crippen LogP contribution in [0.3, 0.4) is 0 Å². The van der Waals surface area contributed by atoms with Crippen LogP contribution in [0.15, 0.2) is 52.6 Å². The summed E-state index contributed by atoms with van der Waals surface area (Å²) in [5.41, 5.74) is 1.14. The first kappa shape index (κ1) is 17.6. The van der Waals surface area contributed by atoms with E-state index in [1.807, 2.05) is 16.7 Å². The third-order valence-electron chi connectivity index (χ3n) is 4.26. The van der Waals surface area contributed by atoms with E-state index in [0.717, 1.165) is 25.0 Å². The highest BCUT2D eigenvalue weighted by Gasteiger charge is 2.22. The molecule has 0 amide bonds. The number of pyridine rings is 1. The van der Waals surface area contributed by atoms with Crippen LogP contribution in [0.5, 0.6) is 0 Å². The molecule has 6 nitrogen and oxygen atoms in total. The van der Waals surface area contributed by atoms with E-state index in [4.69, 9.17) is 10.00 Å². The van der Waals surface area contributed by atoms with Gasteiger partial charge in [0.15, 0.2) is 11.0 Å². The second kappa shape index (κ2) is 7.86. The van der Waals surface area contributed by atoms with Crippen LogP contribution in [0.1, 0.15) is 18.5 Å². The number of nitrogens with zero attached hydrogens (tertiary/aromatic N) is 5. The van der Waals surface area contributed by atoms with Gasteiger partial charge in [0.2, 0.25) is 0 Å². The van der Waals surface area contributed by atoms with Crippen molar-refractivity contribution in [2.24, 2.45) is 0 Å². The van der Waals surface area contributed by atoms with Crippen LogP contribution in [-0.4, -0.2) is 32.5 Å². The van der Waals surface area contributed by atoms with Crippen LogP contribution < -0.4 is 0 Å². The predicted octanol–water partition coefficient (Wildman–Crippen LogP) is 3.68. The van der Waals surface area contributed by atoms with Crippen molar-refractivity contribution >= 4 is 11.8 Å². The minimum Gasteiger partial charge on any atom is -0.376 e. The molecule has 1 aliphatic rings. The van der Waals surface area contributed by atoms with E-state index in [0.29, 0.717) is 28.2 Å². The highest BCUT2D eigenvalue weighted by molar-refractivity contribution is 7.99. The van der Waals surface area contributed by atoms with Crippen molar-refractivity contribution < 1.29 is 9.13 Å². The maximum absolute atomic E-state index is 13.3. The molecule has 1 fully saturated rings. The van der Waals surface area contributed by atoms with Crippen molar-refractivity contribution in [1.82, 2.24) is 19.7 Å². The minimum absolute atomic E-state index is 0.0953. The van der Waals surface area contributed by atoms with Gasteiger partial charge in [-0.1, -0.05) is 6.07 Å². The Bertz CT molecular complexity index is 977. The summed E-state index contributed by atoms with van der Waals surface area (Å²) in [7, 11) is 0. The Labute approximate surface area is 160 Å². The number of rotatable bonds is 5. The van der Waals surface area contributed by atoms with Crippen LogP contribution in [0.4, 0.5) is 4.39 Å². The average molecular weight is 381 g/mol. The molecule has 27 heavy (non-hydrogen) atoms. The van der Waals surface area contributed by atoms with Crippen LogP contribution in [0.2, 0.25) is 0 Å². The van der Waals surface area contributed by atoms with E-state index in [-0.39, 0.29) is 11.9 Å². The van der Waals surface area contributed by atoms with Crippen molar-refractivity contribution in [3.05, 3.63) is 54.0 Å². The molecule has 136 valence electrons. The lowest BCUT2D eigenvalue weighted by molar-refractivity contribution is 0.0953. The van der Waals surface area contributed by atoms with Gasteiger partial charge in [0.25, 0.3) is 0 Å². The Kier molecular flexibility index (Phi) is 5.14. The first-order valence-electron chi connectivity index (χ1n) is 8.58. The van der Waals surface area contributed by atoms with Gasteiger partial charge < -0.3 is 4.74 Å². The summed E-state index contributed by atoms with van der Waals surface area (Å²) >= 11 is 1.34. The maximum Gasteiger partial charge on any atom is 0.197 e. The van der Waals surface area contributed by atoms with E-state index >= 15 is 0 Å². The molecule has 1 aliphatic heterocycles. The molecule has 1 unspecified atom stereocenters. The summed E-state index contributed by atoms with van der Waals surface area (Å²) in [5.74, 6) is 0.362. The van der Waals surface area contributed by atoms with Crippen molar-refractivity contribution in [1.29, 1.82) is 5.26 Å². The zero-order valence-electron chi connectivity index (χ0n) is 14.4. The van der Waals surface area contributed by atoms with Gasteiger partial charge in [-0.05, 0) is 61.0 Å². The molecule has 0 saturated carbocycles. The predicted molar refractivity (Wildman–Crippen MR) is 97.5 cm³/mol. The molecule has 1 atom stereocenters. The third-order valence-corrected chi connectivity index (χ3v) is 5.18. The molecule has 0 N–H and O–H groups in total. The van der Waals surface area contributed by atoms with E-state index in [9.17, 15) is 4.39 Å². The number of halogens is 1. The maximum atomic E-state index is 13.3. The summed E-state index contributed by atoms with van der Waals surface area (Å²) in [4.78, 5) is 4.29. The fraction of sp³-hybridized carbons (Fsp3) is 0.263. The molecule has 3 aromatic rings. The van der Waals surface area contributed by atoms with Crippen LogP contribution in [0.25, 0.3) is 11.4 Å². The van der Waals surface area contributed by atoms with E-state index in [1.165, 1.54) is 23.9 Å². The van der Waals surface area contributed by atoms with E-state index in [1.54, 1.807) is 24.3 Å². The van der Waals surface area contributed by atoms with Gasteiger partial charge in [-0.25, -0.2) is 9.37 Å². The molecule has 2 aromatic heterocycles. The topological polar surface area (TPSA) is 76.6 Å². The number of nitriles is 1. The molecular weight excluding hydrogens is 365 g/mol. The quantitative estimate of drug-likeness (QED) is 0.671. The van der Waals surface area contributed by atoms with Crippen molar-refractivity contribution in [3.8, 4) is 17.5 Å². The number of ether oxygens (including phenoxy) is 1. The molecule has 1 saturated heterocycles. The minimum atomic E-state index is -0.295. The van der Waals surface area contributed by atoms with Gasteiger partial charge >= 0.3 is 0 Å². The summed E-state index contributed by atoms with van der Waals surface area (Å²) in [6.45, 7) is 1.37. The number of hydrogen-bond donors (Lipinski definition) is 0. The molecule has 3 heterocycles. The lowest BCUT2D eigenvalue weighted by Crippen LogP contribution is -2.16. The van der Waals surface area contributed by atoms with Crippen LogP contribution >= 0.6 is 11.8 Å². The van der Waals surface area contributed by atoms with Crippen molar-refractivity contribution in [2.75, 3.05) is 6.61 Å². The van der Waals surface area contributed by atoms with E-state index in [2.05, 4.69) is 15.2 Å². The molecule has 1 aromatic carbocycles. The SMILES string of the molecule is N#Cc1cccc(Sc2nnc(-c3ccc(F)cc3)n2CC2CCCO2)n1. The average Bonchev–Trinajstić information content (AvgIpc) is 3.34. The van der Waals surface area contributed by atoms with Gasteiger partial charge in [0.05, 0.1) is 12.6 Å². The summed E-state index contributed by atoms with van der Waals surface area (Å²) in [6.07, 6.45) is 2.11. The Morgan fingerprint density at radius 2 is 2.07 bits per heavy atom. The highest BCUT2D eigenvalue weighted by atomic mass is 32.2. The largest absolute Gasteiger partial charge is 0.376 e. The molecular formula is C19H16FN5OS. The van der Waals surface area contributed by atoms with Gasteiger partial charge in [-0.2, -0.15) is 5.26 Å². The molecule has 4 rings (SSSR count). The second-order valence-corrected chi connectivity index (χ2v) is 7.12. The first-order chi connectivity index (χ1) is 13.2. The monoisotopic (exact) mass is 381 g/mol. The van der Waals surface area contributed by atoms with Crippen molar-refractivity contribution in [2.45, 2.75) is 35.7 Å². The lowest BCUT2D eigenvalue weighted by atomic mass is 10.2. The summed E-state index contributed by atoms with van der Waals surface area (Å²) < 4.78 is 21.0. The zero-order valence-corrected chi connectivity index (χ0v) is 15.2. The molecule has 8 heteroatoms. The normalized spacial score (nSPS) is 16.4. The zero-order chi connectivity index (χ0) is 18.6. The second-order valence-electron chi connectivity index (χ2n) is 6.13. The number of benzene rings is 1. The van der Waals surface area contributed by atoms with E-state index < -0.39 is 0 Å². The standard InChI is InChI=1S/C19H16FN5OS/c20-14-8-6-13(7-9-14)18-23-24-19(25(18)12-16-4-2-10-26-16)27-17-5-1-3-15(11-21)22-17/h1,3,5-9,16H,2,4,10,12H2. The Morgan fingerprint density at radius 3 is 2.81 bits per heavy atom. The molecule has 0 radical (unpaired) electrons. The number of hydrogen-bond acceptors (Lipinski definition) is 6. The van der Waals surface area contributed by atoms with Crippen LogP contribution in [-0.2, 0) is 11.3 Å². The van der Waals surface area contributed by atoms with Gasteiger partial charge in [-0.15, -0.1) is 10.2 Å². The highest BCUT2D eigenvalue weighted by Crippen LogP contribution is 2.30. The Balaban J connectivity index is 1.69. The number of aromatic nitrogens is 4. The Hall–Kier alpha value is -2.76. The lowest BCUT2D eigenvalue weighted by Gasteiger charge is -2.14. The van der Waals surface area contributed by atoms with Crippen LogP contribution in [0, 0.1) is 17.1 Å². The third kappa shape index (κ3) is 3.99. The van der Waals surface area contributed by atoms with Gasteiger partial charge in [0.1, 0.15) is 22.6 Å². The summed E-state index contributed by atoms with van der Waals surface area (Å²) in [5, 5.41) is 19.0. The van der Waals surface area contributed by atoms with Gasteiger partial charge in [0, 0.05) is 12.2 Å². The molecule has 0 aliphatic carbocycles. The van der Waals surface area contributed by atoms with Crippen molar-refractivity contribution in [3.63, 3.8) is 0 Å². The fourth-order valence-corrected chi connectivity index (χ4v) is 3.79. The Morgan fingerprint density at radius 1 is 1.22 bits per heavy atom.